The van der Waals surface area contributed by atoms with Crippen LogP contribution in [0.25, 0.3) is 0 Å². The van der Waals surface area contributed by atoms with Crippen molar-refractivity contribution in [2.45, 2.75) is 13.8 Å². The average Bonchev–Trinajstić information content (AvgIpc) is 2.74. The molecule has 0 aliphatic heterocycles. The van der Waals surface area contributed by atoms with Gasteiger partial charge in [-0.15, -0.1) is 0 Å². The second kappa shape index (κ2) is 9.97. The first-order valence-electron chi connectivity index (χ1n) is 9.18. The largest absolute Gasteiger partial charge is 0.494 e. The lowest BCUT2D eigenvalue weighted by molar-refractivity contribution is 0.339. The fraction of sp³-hybridized carbons (Fsp3) is 0.125. The van der Waals surface area contributed by atoms with Gasteiger partial charge < -0.3 is 14.2 Å². The fourth-order valence-electron chi connectivity index (χ4n) is 2.40. The maximum Gasteiger partial charge on any atom is 0.225 e. The van der Waals surface area contributed by atoms with Crippen LogP contribution in [0.1, 0.15) is 13.8 Å². The van der Waals surface area contributed by atoms with Crippen molar-refractivity contribution in [2.24, 2.45) is 4.99 Å². The number of para-hydroxylation sites is 2. The number of aliphatic imine (C=N–C) groups is 1. The highest BCUT2D eigenvalue weighted by Crippen LogP contribution is 2.20. The third kappa shape index (κ3) is 5.74. The molecule has 0 radical (unpaired) electrons. The minimum Gasteiger partial charge on any atom is -0.494 e. The highest BCUT2D eigenvalue weighted by Gasteiger charge is 2.07. The summed E-state index contributed by atoms with van der Waals surface area (Å²) in [7, 11) is 0. The topological polar surface area (TPSA) is 40.0 Å². The molecule has 0 fully saturated rings. The third-order valence-electron chi connectivity index (χ3n) is 3.79. The van der Waals surface area contributed by atoms with Gasteiger partial charge in [-0.2, -0.15) is 0 Å². The van der Waals surface area contributed by atoms with Crippen LogP contribution in [0.2, 0.25) is 0 Å². The van der Waals surface area contributed by atoms with Crippen molar-refractivity contribution >= 4 is 11.6 Å². The van der Waals surface area contributed by atoms with Gasteiger partial charge >= 0.3 is 0 Å². The summed E-state index contributed by atoms with van der Waals surface area (Å²) in [5.41, 5.74) is 1.57. The predicted octanol–water partition coefficient (Wildman–Crippen LogP) is 6.18. The van der Waals surface area contributed by atoms with E-state index < -0.39 is 0 Å². The van der Waals surface area contributed by atoms with Gasteiger partial charge in [0.2, 0.25) is 5.90 Å². The molecule has 0 bridgehead atoms. The van der Waals surface area contributed by atoms with Gasteiger partial charge in [0.25, 0.3) is 0 Å². The van der Waals surface area contributed by atoms with Crippen LogP contribution in [0, 0.1) is 0 Å². The Labute approximate surface area is 165 Å². The maximum absolute atomic E-state index is 6.00. The van der Waals surface area contributed by atoms with E-state index in [0.717, 1.165) is 17.0 Å². The SMILES string of the molecule is CCOc1ccc(OC=C(C)/C(=N\c2ccccc2)Oc2ccccc2)cc1. The minimum absolute atomic E-state index is 0.475. The Morgan fingerprint density at radius 2 is 1.39 bits per heavy atom. The Morgan fingerprint density at radius 1 is 0.786 bits per heavy atom. The molecule has 4 heteroatoms. The standard InChI is InChI=1S/C24H23NO3/c1-3-26-21-14-16-22(17-15-21)27-18-19(2)24(25-20-10-6-4-7-11-20)28-23-12-8-5-9-13-23/h4-18H,3H2,1-2H3/b19-18?,25-24+. The zero-order chi connectivity index (χ0) is 19.6. The fourth-order valence-corrected chi connectivity index (χ4v) is 2.40. The van der Waals surface area contributed by atoms with E-state index in [4.69, 9.17) is 14.2 Å². The van der Waals surface area contributed by atoms with Gasteiger partial charge in [-0.25, -0.2) is 4.99 Å². The third-order valence-corrected chi connectivity index (χ3v) is 3.79. The van der Waals surface area contributed by atoms with Crippen molar-refractivity contribution in [1.29, 1.82) is 0 Å². The molecule has 0 atom stereocenters. The summed E-state index contributed by atoms with van der Waals surface area (Å²) >= 11 is 0. The zero-order valence-electron chi connectivity index (χ0n) is 16.0. The summed E-state index contributed by atoms with van der Waals surface area (Å²) in [5.74, 6) is 2.71. The van der Waals surface area contributed by atoms with Crippen LogP contribution in [0.5, 0.6) is 17.2 Å². The number of rotatable bonds is 7. The Balaban J connectivity index is 1.80. The van der Waals surface area contributed by atoms with Crippen LogP contribution in [0.15, 0.2) is 102 Å². The molecule has 0 N–H and O–H groups in total. The number of nitrogens with zero attached hydrogens (tertiary/aromatic N) is 1. The van der Waals surface area contributed by atoms with Crippen LogP contribution in [-0.2, 0) is 0 Å². The first kappa shape index (κ1) is 19.2. The Hall–Kier alpha value is -3.53. The molecule has 28 heavy (non-hydrogen) atoms. The molecular weight excluding hydrogens is 350 g/mol. The van der Waals surface area contributed by atoms with E-state index in [1.807, 2.05) is 98.8 Å². The molecule has 142 valence electrons. The molecule has 0 aromatic heterocycles. The van der Waals surface area contributed by atoms with Crippen molar-refractivity contribution < 1.29 is 14.2 Å². The van der Waals surface area contributed by atoms with Gasteiger partial charge in [0.15, 0.2) is 0 Å². The van der Waals surface area contributed by atoms with Gasteiger partial charge in [0, 0.05) is 5.57 Å². The Bertz CT molecular complexity index is 917. The molecule has 3 aromatic rings. The number of hydrogen-bond acceptors (Lipinski definition) is 4. The monoisotopic (exact) mass is 373 g/mol. The molecule has 3 aromatic carbocycles. The van der Waals surface area contributed by atoms with Crippen LogP contribution in [0.4, 0.5) is 5.69 Å². The molecular formula is C24H23NO3. The lowest BCUT2D eigenvalue weighted by Crippen LogP contribution is -2.10. The van der Waals surface area contributed by atoms with Crippen LogP contribution in [-0.4, -0.2) is 12.5 Å². The van der Waals surface area contributed by atoms with Crippen molar-refractivity contribution in [3.8, 4) is 17.2 Å². The van der Waals surface area contributed by atoms with Crippen LogP contribution < -0.4 is 14.2 Å². The predicted molar refractivity (Wildman–Crippen MR) is 113 cm³/mol. The second-order valence-electron chi connectivity index (χ2n) is 5.99. The van der Waals surface area contributed by atoms with Crippen molar-refractivity contribution in [1.82, 2.24) is 0 Å². The van der Waals surface area contributed by atoms with E-state index in [9.17, 15) is 0 Å². The molecule has 0 aliphatic rings. The normalized spacial score (nSPS) is 11.8. The smallest absolute Gasteiger partial charge is 0.225 e. The zero-order valence-corrected chi connectivity index (χ0v) is 16.0. The van der Waals surface area contributed by atoms with Gasteiger partial charge in [0.1, 0.15) is 17.2 Å². The summed E-state index contributed by atoms with van der Waals surface area (Å²) in [6.45, 7) is 4.49. The molecule has 0 unspecified atom stereocenters. The summed E-state index contributed by atoms with van der Waals surface area (Å²) in [6, 6.07) is 26.7. The van der Waals surface area contributed by atoms with E-state index in [1.54, 1.807) is 6.26 Å². The van der Waals surface area contributed by atoms with Gasteiger partial charge in [0.05, 0.1) is 18.6 Å². The molecule has 3 rings (SSSR count). The van der Waals surface area contributed by atoms with Gasteiger partial charge in [-0.3, -0.25) is 0 Å². The molecule has 0 saturated heterocycles. The van der Waals surface area contributed by atoms with E-state index in [-0.39, 0.29) is 0 Å². The Morgan fingerprint density at radius 3 is 2.04 bits per heavy atom. The minimum atomic E-state index is 0.475. The van der Waals surface area contributed by atoms with Crippen LogP contribution >= 0.6 is 0 Å². The molecule has 0 aliphatic carbocycles. The van der Waals surface area contributed by atoms with E-state index in [1.165, 1.54) is 0 Å². The Kier molecular flexibility index (Phi) is 6.85. The quantitative estimate of drug-likeness (QED) is 0.282. The summed E-state index contributed by atoms with van der Waals surface area (Å²) in [6.07, 6.45) is 1.64. The highest BCUT2D eigenvalue weighted by atomic mass is 16.5. The number of ether oxygens (including phenoxy) is 3. The summed E-state index contributed by atoms with van der Waals surface area (Å²) in [4.78, 5) is 4.63. The molecule has 0 amide bonds. The lowest BCUT2D eigenvalue weighted by atomic mass is 10.3. The number of hydrogen-bond donors (Lipinski definition) is 0. The lowest BCUT2D eigenvalue weighted by Gasteiger charge is -2.10. The highest BCUT2D eigenvalue weighted by molar-refractivity contribution is 5.96. The van der Waals surface area contributed by atoms with Gasteiger partial charge in [-0.1, -0.05) is 36.4 Å². The average molecular weight is 373 g/mol. The summed E-state index contributed by atoms with van der Waals surface area (Å²) < 4.78 is 17.2. The summed E-state index contributed by atoms with van der Waals surface area (Å²) in [5, 5.41) is 0. The van der Waals surface area contributed by atoms with E-state index in [2.05, 4.69) is 4.99 Å². The van der Waals surface area contributed by atoms with Crippen molar-refractivity contribution in [2.75, 3.05) is 6.61 Å². The molecule has 0 spiro atoms. The molecule has 0 saturated carbocycles. The molecule has 0 heterocycles. The maximum atomic E-state index is 6.00. The first-order chi connectivity index (χ1) is 13.7. The van der Waals surface area contributed by atoms with Crippen LogP contribution in [0.3, 0.4) is 0 Å². The van der Waals surface area contributed by atoms with Crippen molar-refractivity contribution in [3.63, 3.8) is 0 Å². The second-order valence-corrected chi connectivity index (χ2v) is 5.99. The first-order valence-corrected chi connectivity index (χ1v) is 9.18. The van der Waals surface area contributed by atoms with E-state index in [0.29, 0.717) is 24.0 Å². The number of benzene rings is 3. The van der Waals surface area contributed by atoms with Gasteiger partial charge in [-0.05, 0) is 62.4 Å². The molecule has 4 nitrogen and oxygen atoms in total. The van der Waals surface area contributed by atoms with E-state index >= 15 is 0 Å². The van der Waals surface area contributed by atoms with Crippen molar-refractivity contribution in [3.05, 3.63) is 96.8 Å².